The lowest BCUT2D eigenvalue weighted by molar-refractivity contribution is -0.123. The maximum atomic E-state index is 12.5. The van der Waals surface area contributed by atoms with Gasteiger partial charge in [0.15, 0.2) is 6.10 Å². The highest BCUT2D eigenvalue weighted by atomic mass is 16.6. The molecule has 3 unspecified atom stereocenters. The lowest BCUT2D eigenvalue weighted by atomic mass is 9.92. The summed E-state index contributed by atoms with van der Waals surface area (Å²) in [4.78, 5) is 27.8. The molecule has 0 saturated heterocycles. The number of carbonyl (C=O) groups is 2. The van der Waals surface area contributed by atoms with Crippen molar-refractivity contribution in [2.75, 3.05) is 6.61 Å². The highest BCUT2D eigenvalue weighted by molar-refractivity contribution is 5.90. The number of carbonyl (C=O) groups excluding carboxylic acids is 2. The van der Waals surface area contributed by atoms with Gasteiger partial charge in [-0.3, -0.25) is 4.79 Å². The quantitative estimate of drug-likeness (QED) is 0.385. The Morgan fingerprint density at radius 2 is 1.83 bits per heavy atom. The number of aliphatic hydroxyl groups excluding tert-OH is 2. The van der Waals surface area contributed by atoms with Crippen molar-refractivity contribution in [3.63, 3.8) is 0 Å². The zero-order valence-corrected chi connectivity index (χ0v) is 16.5. The average molecular weight is 411 g/mol. The fourth-order valence-electron chi connectivity index (χ4n) is 3.31. The summed E-state index contributed by atoms with van der Waals surface area (Å²) in [6.45, 7) is 0.902. The number of alkyl carbamates (subject to hydrolysis) is 1. The molecule has 3 aromatic rings. The van der Waals surface area contributed by atoms with Crippen LogP contribution >= 0.6 is 0 Å². The molecule has 0 fully saturated rings. The Bertz CT molecular complexity index is 1020. The van der Waals surface area contributed by atoms with Crippen molar-refractivity contribution in [1.82, 2.24) is 10.3 Å². The minimum atomic E-state index is -1.44. The topological polar surface area (TPSA) is 138 Å². The number of hydrogen-bond donors (Lipinski definition) is 5. The van der Waals surface area contributed by atoms with Crippen LogP contribution in [0.1, 0.15) is 24.2 Å². The van der Waals surface area contributed by atoms with E-state index in [1.165, 1.54) is 6.92 Å². The molecule has 8 nitrogen and oxygen atoms in total. The standard InChI is InChI=1S/C22H25N3O5/c1-22(20(23)28,11-15-12-24-17-10-6-5-9-16(15)17)25-21(29)30-18(13-26)19(27)14-7-3-2-4-8-14/h2-10,12,18-19,24,26-27H,11,13H2,1H3,(H2,23,28)(H,25,29). The molecule has 1 aromatic heterocycles. The van der Waals surface area contributed by atoms with Gasteiger partial charge in [-0.15, -0.1) is 0 Å². The number of aliphatic hydroxyl groups is 2. The first-order valence-electron chi connectivity index (χ1n) is 9.51. The highest BCUT2D eigenvalue weighted by Gasteiger charge is 2.36. The SMILES string of the molecule is CC(Cc1c[nH]c2ccccc12)(NC(=O)OC(CO)C(O)c1ccccc1)C(N)=O. The molecule has 0 spiro atoms. The molecule has 8 heteroatoms. The summed E-state index contributed by atoms with van der Waals surface area (Å²) in [6, 6.07) is 16.1. The van der Waals surface area contributed by atoms with Gasteiger partial charge >= 0.3 is 6.09 Å². The number of H-pyrrole nitrogens is 1. The van der Waals surface area contributed by atoms with E-state index in [2.05, 4.69) is 10.3 Å². The number of amides is 2. The van der Waals surface area contributed by atoms with Crippen LogP contribution in [0.2, 0.25) is 0 Å². The minimum Gasteiger partial charge on any atom is -0.441 e. The number of ether oxygens (including phenoxy) is 1. The second-order valence-corrected chi connectivity index (χ2v) is 7.34. The van der Waals surface area contributed by atoms with E-state index in [1.54, 1.807) is 36.5 Å². The van der Waals surface area contributed by atoms with Crippen LogP contribution in [0.4, 0.5) is 4.79 Å². The molecule has 6 N–H and O–H groups in total. The fourth-order valence-corrected chi connectivity index (χ4v) is 3.31. The van der Waals surface area contributed by atoms with Crippen molar-refractivity contribution in [3.8, 4) is 0 Å². The molecule has 0 aliphatic carbocycles. The number of rotatable bonds is 8. The van der Waals surface area contributed by atoms with Crippen molar-refractivity contribution >= 4 is 22.9 Å². The van der Waals surface area contributed by atoms with Crippen LogP contribution in [-0.2, 0) is 16.0 Å². The van der Waals surface area contributed by atoms with Crippen LogP contribution in [0, 0.1) is 0 Å². The molecule has 3 rings (SSSR count). The summed E-state index contributed by atoms with van der Waals surface area (Å²) in [5.41, 5.74) is 6.32. The lowest BCUT2D eigenvalue weighted by Gasteiger charge is -2.29. The van der Waals surface area contributed by atoms with E-state index in [0.717, 1.165) is 16.5 Å². The zero-order valence-electron chi connectivity index (χ0n) is 16.5. The smallest absolute Gasteiger partial charge is 0.408 e. The Morgan fingerprint density at radius 1 is 1.17 bits per heavy atom. The number of primary amides is 1. The van der Waals surface area contributed by atoms with Crippen molar-refractivity contribution in [1.29, 1.82) is 0 Å². The number of fused-ring (bicyclic) bond motifs is 1. The first kappa shape index (κ1) is 21.4. The van der Waals surface area contributed by atoms with E-state index in [9.17, 15) is 19.8 Å². The van der Waals surface area contributed by atoms with Gasteiger partial charge in [-0.05, 0) is 24.1 Å². The first-order valence-corrected chi connectivity index (χ1v) is 9.51. The molecular formula is C22H25N3O5. The average Bonchev–Trinajstić information content (AvgIpc) is 3.14. The normalized spacial score (nSPS) is 15.2. The van der Waals surface area contributed by atoms with E-state index in [-0.39, 0.29) is 6.42 Å². The van der Waals surface area contributed by atoms with Gasteiger partial charge < -0.3 is 31.0 Å². The van der Waals surface area contributed by atoms with Gasteiger partial charge in [0.25, 0.3) is 0 Å². The van der Waals surface area contributed by atoms with Gasteiger partial charge in [0.05, 0.1) is 6.61 Å². The lowest BCUT2D eigenvalue weighted by Crippen LogP contribution is -2.57. The van der Waals surface area contributed by atoms with E-state index in [1.807, 2.05) is 24.3 Å². The summed E-state index contributed by atoms with van der Waals surface area (Å²) >= 11 is 0. The van der Waals surface area contributed by atoms with Gasteiger partial charge in [0.1, 0.15) is 11.6 Å². The van der Waals surface area contributed by atoms with E-state index in [0.29, 0.717) is 5.56 Å². The third-order valence-electron chi connectivity index (χ3n) is 5.07. The van der Waals surface area contributed by atoms with Crippen LogP contribution in [0.25, 0.3) is 10.9 Å². The van der Waals surface area contributed by atoms with Gasteiger partial charge in [0, 0.05) is 23.5 Å². The number of aromatic nitrogens is 1. The fraction of sp³-hybridized carbons (Fsp3) is 0.273. The Hall–Kier alpha value is -3.36. The molecule has 2 amide bonds. The van der Waals surface area contributed by atoms with Gasteiger partial charge in [-0.2, -0.15) is 0 Å². The number of hydrogen-bond acceptors (Lipinski definition) is 5. The zero-order chi connectivity index (χ0) is 21.7. The van der Waals surface area contributed by atoms with Gasteiger partial charge in [0.2, 0.25) is 5.91 Å². The Morgan fingerprint density at radius 3 is 2.50 bits per heavy atom. The van der Waals surface area contributed by atoms with Gasteiger partial charge in [-0.25, -0.2) is 4.79 Å². The van der Waals surface area contributed by atoms with Crippen molar-refractivity contribution in [2.45, 2.75) is 31.1 Å². The van der Waals surface area contributed by atoms with E-state index >= 15 is 0 Å². The molecule has 0 aliphatic rings. The Balaban J connectivity index is 1.73. The molecule has 2 aromatic carbocycles. The summed E-state index contributed by atoms with van der Waals surface area (Å²) < 4.78 is 5.20. The monoisotopic (exact) mass is 411 g/mol. The number of benzene rings is 2. The van der Waals surface area contributed by atoms with Crippen LogP contribution in [-0.4, -0.2) is 45.4 Å². The molecule has 3 atom stereocenters. The molecule has 0 radical (unpaired) electrons. The number of aromatic amines is 1. The molecule has 1 heterocycles. The van der Waals surface area contributed by atoms with E-state index in [4.69, 9.17) is 10.5 Å². The molecule has 0 bridgehead atoms. The Labute approximate surface area is 173 Å². The molecule has 0 saturated carbocycles. The molecule has 0 aliphatic heterocycles. The second kappa shape index (κ2) is 8.98. The second-order valence-electron chi connectivity index (χ2n) is 7.34. The highest BCUT2D eigenvalue weighted by Crippen LogP contribution is 2.23. The third kappa shape index (κ3) is 4.61. The number of para-hydroxylation sites is 1. The minimum absolute atomic E-state index is 0.131. The molecule has 30 heavy (non-hydrogen) atoms. The van der Waals surface area contributed by atoms with Crippen LogP contribution in [0.3, 0.4) is 0 Å². The first-order chi connectivity index (χ1) is 14.3. The van der Waals surface area contributed by atoms with Crippen molar-refractivity contribution in [2.24, 2.45) is 5.73 Å². The summed E-state index contributed by atoms with van der Waals surface area (Å²) in [5, 5.41) is 23.4. The summed E-state index contributed by atoms with van der Waals surface area (Å²) in [5.74, 6) is -0.742. The number of nitrogens with two attached hydrogens (primary N) is 1. The van der Waals surface area contributed by atoms with Crippen molar-refractivity contribution < 1.29 is 24.5 Å². The summed E-state index contributed by atoms with van der Waals surface area (Å²) in [6.07, 6.45) is -1.51. The van der Waals surface area contributed by atoms with Crippen molar-refractivity contribution in [3.05, 3.63) is 71.9 Å². The van der Waals surface area contributed by atoms with Crippen LogP contribution in [0.5, 0.6) is 0 Å². The van der Waals surface area contributed by atoms with E-state index < -0.39 is 36.4 Å². The molecule has 158 valence electrons. The number of nitrogens with one attached hydrogen (secondary N) is 2. The van der Waals surface area contributed by atoms with Crippen LogP contribution in [0.15, 0.2) is 60.8 Å². The van der Waals surface area contributed by atoms with Crippen LogP contribution < -0.4 is 11.1 Å². The predicted octanol–water partition coefficient (Wildman–Crippen LogP) is 1.78. The maximum Gasteiger partial charge on any atom is 0.408 e. The van der Waals surface area contributed by atoms with Gasteiger partial charge in [-0.1, -0.05) is 48.5 Å². The summed E-state index contributed by atoms with van der Waals surface area (Å²) in [7, 11) is 0. The largest absolute Gasteiger partial charge is 0.441 e. The predicted molar refractivity (Wildman–Crippen MR) is 111 cm³/mol. The maximum absolute atomic E-state index is 12.5. The Kier molecular flexibility index (Phi) is 6.39. The third-order valence-corrected chi connectivity index (χ3v) is 5.07. The molecular weight excluding hydrogens is 386 g/mol.